The van der Waals surface area contributed by atoms with Crippen LogP contribution in [0.15, 0.2) is 0 Å². The van der Waals surface area contributed by atoms with Gasteiger partial charge in [0.15, 0.2) is 0 Å². The summed E-state index contributed by atoms with van der Waals surface area (Å²) in [6, 6.07) is 0.0351. The molecule has 0 aromatic heterocycles. The van der Waals surface area contributed by atoms with Crippen LogP contribution in [0.5, 0.6) is 0 Å². The van der Waals surface area contributed by atoms with E-state index in [1.165, 1.54) is 32.4 Å². The molecule has 0 spiro atoms. The number of piperidine rings is 1. The first kappa shape index (κ1) is 16.8. The fraction of sp³-hybridized carbons (Fsp3) is 0.941. The molecule has 1 N–H and O–H groups in total. The molecule has 2 rings (SSSR count). The maximum absolute atomic E-state index is 12.7. The van der Waals surface area contributed by atoms with Crippen molar-refractivity contribution >= 4 is 5.91 Å². The predicted molar refractivity (Wildman–Crippen MR) is 87.1 cm³/mol. The van der Waals surface area contributed by atoms with Gasteiger partial charge in [0.1, 0.15) is 0 Å². The Labute approximate surface area is 130 Å². The maximum atomic E-state index is 12.7. The van der Waals surface area contributed by atoms with Crippen LogP contribution in [0.4, 0.5) is 0 Å². The molecule has 122 valence electrons. The predicted octanol–water partition coefficient (Wildman–Crippen LogP) is 2.45. The monoisotopic (exact) mass is 295 g/mol. The summed E-state index contributed by atoms with van der Waals surface area (Å²) in [6.45, 7) is 10.9. The van der Waals surface area contributed by atoms with Crippen molar-refractivity contribution in [2.45, 2.75) is 71.5 Å². The second-order valence-electron chi connectivity index (χ2n) is 6.77. The van der Waals surface area contributed by atoms with E-state index in [1.54, 1.807) is 0 Å². The van der Waals surface area contributed by atoms with E-state index in [0.717, 1.165) is 32.4 Å². The molecule has 21 heavy (non-hydrogen) atoms. The zero-order chi connectivity index (χ0) is 15.2. The normalized spacial score (nSPS) is 29.1. The quantitative estimate of drug-likeness (QED) is 0.783. The standard InChI is InChI=1S/C17H33N3O/c1-4-9-15-18-16(14(3)5-2)17(21)20(15)13-12-19-10-7-6-8-11-19/h14-16,18H,4-13H2,1-3H3. The Kier molecular flexibility index (Phi) is 6.49. The second kappa shape index (κ2) is 8.14. The molecule has 3 atom stereocenters. The Hall–Kier alpha value is -0.610. The summed E-state index contributed by atoms with van der Waals surface area (Å²) >= 11 is 0. The van der Waals surface area contributed by atoms with Gasteiger partial charge < -0.3 is 9.80 Å². The Balaban J connectivity index is 1.91. The van der Waals surface area contributed by atoms with Crippen molar-refractivity contribution in [1.82, 2.24) is 15.1 Å². The molecule has 0 aromatic rings. The van der Waals surface area contributed by atoms with Gasteiger partial charge in [-0.15, -0.1) is 0 Å². The van der Waals surface area contributed by atoms with Crippen LogP contribution in [0.2, 0.25) is 0 Å². The summed E-state index contributed by atoms with van der Waals surface area (Å²) in [5.41, 5.74) is 0. The highest BCUT2D eigenvalue weighted by atomic mass is 16.2. The molecule has 2 aliphatic heterocycles. The third kappa shape index (κ3) is 4.19. The van der Waals surface area contributed by atoms with Gasteiger partial charge in [0.2, 0.25) is 5.91 Å². The first-order chi connectivity index (χ1) is 10.2. The Morgan fingerprint density at radius 3 is 2.52 bits per heavy atom. The van der Waals surface area contributed by atoms with E-state index in [-0.39, 0.29) is 12.2 Å². The third-order valence-electron chi connectivity index (χ3n) is 5.18. The number of rotatable bonds is 7. The molecule has 2 heterocycles. The van der Waals surface area contributed by atoms with Crippen LogP contribution in [0.25, 0.3) is 0 Å². The van der Waals surface area contributed by atoms with Gasteiger partial charge >= 0.3 is 0 Å². The lowest BCUT2D eigenvalue weighted by Crippen LogP contribution is -2.43. The van der Waals surface area contributed by atoms with Crippen LogP contribution in [0.3, 0.4) is 0 Å². The van der Waals surface area contributed by atoms with Gasteiger partial charge in [0, 0.05) is 13.1 Å². The molecule has 1 amide bonds. The Bertz CT molecular complexity index is 328. The molecular weight excluding hydrogens is 262 g/mol. The summed E-state index contributed by atoms with van der Waals surface area (Å²) in [7, 11) is 0. The molecule has 4 nitrogen and oxygen atoms in total. The van der Waals surface area contributed by atoms with Gasteiger partial charge in [-0.1, -0.05) is 40.0 Å². The van der Waals surface area contributed by atoms with Crippen LogP contribution < -0.4 is 5.32 Å². The number of likely N-dealkylation sites (tertiary alicyclic amines) is 1. The molecule has 0 saturated carbocycles. The van der Waals surface area contributed by atoms with Gasteiger partial charge in [-0.2, -0.15) is 0 Å². The minimum Gasteiger partial charge on any atom is -0.325 e. The average Bonchev–Trinajstić information content (AvgIpc) is 2.82. The van der Waals surface area contributed by atoms with E-state index in [4.69, 9.17) is 0 Å². The van der Waals surface area contributed by atoms with Crippen molar-refractivity contribution in [2.24, 2.45) is 5.92 Å². The van der Waals surface area contributed by atoms with Crippen LogP contribution in [0, 0.1) is 5.92 Å². The fourth-order valence-electron chi connectivity index (χ4n) is 3.55. The molecule has 2 aliphatic rings. The molecule has 0 radical (unpaired) electrons. The molecular formula is C17H33N3O. The summed E-state index contributed by atoms with van der Waals surface area (Å²) in [4.78, 5) is 17.4. The van der Waals surface area contributed by atoms with Crippen molar-refractivity contribution in [3.63, 3.8) is 0 Å². The smallest absolute Gasteiger partial charge is 0.241 e. The maximum Gasteiger partial charge on any atom is 0.241 e. The van der Waals surface area contributed by atoms with Gasteiger partial charge in [0.25, 0.3) is 0 Å². The first-order valence-corrected chi connectivity index (χ1v) is 8.96. The first-order valence-electron chi connectivity index (χ1n) is 8.96. The van der Waals surface area contributed by atoms with Crippen LogP contribution >= 0.6 is 0 Å². The molecule has 4 heteroatoms. The summed E-state index contributed by atoms with van der Waals surface area (Å²) in [5.74, 6) is 0.761. The lowest BCUT2D eigenvalue weighted by atomic mass is 9.99. The third-order valence-corrected chi connectivity index (χ3v) is 5.18. The van der Waals surface area contributed by atoms with Gasteiger partial charge in [-0.3, -0.25) is 10.1 Å². The molecule has 2 fully saturated rings. The van der Waals surface area contributed by atoms with Crippen molar-refractivity contribution in [3.05, 3.63) is 0 Å². The second-order valence-corrected chi connectivity index (χ2v) is 6.77. The topological polar surface area (TPSA) is 35.6 Å². The Morgan fingerprint density at radius 2 is 1.90 bits per heavy atom. The van der Waals surface area contributed by atoms with Crippen molar-refractivity contribution in [2.75, 3.05) is 26.2 Å². The minimum absolute atomic E-state index is 0.0351. The summed E-state index contributed by atoms with van der Waals surface area (Å²) in [5, 5.41) is 3.59. The number of nitrogens with one attached hydrogen (secondary N) is 1. The zero-order valence-corrected chi connectivity index (χ0v) is 14.1. The number of carbonyl (C=O) groups is 1. The highest BCUT2D eigenvalue weighted by molar-refractivity contribution is 5.84. The molecule has 3 unspecified atom stereocenters. The van der Waals surface area contributed by atoms with Crippen LogP contribution in [-0.2, 0) is 4.79 Å². The van der Waals surface area contributed by atoms with E-state index in [0.29, 0.717) is 11.8 Å². The summed E-state index contributed by atoms with van der Waals surface area (Å²) < 4.78 is 0. The van der Waals surface area contributed by atoms with Gasteiger partial charge in [-0.25, -0.2) is 0 Å². The van der Waals surface area contributed by atoms with E-state index >= 15 is 0 Å². The highest BCUT2D eigenvalue weighted by Gasteiger charge is 2.40. The number of amides is 1. The largest absolute Gasteiger partial charge is 0.325 e. The summed E-state index contributed by atoms with van der Waals surface area (Å²) in [6.07, 6.45) is 7.51. The van der Waals surface area contributed by atoms with Crippen molar-refractivity contribution in [1.29, 1.82) is 0 Å². The molecule has 0 aliphatic carbocycles. The van der Waals surface area contributed by atoms with E-state index in [9.17, 15) is 4.79 Å². The minimum atomic E-state index is 0.0351. The fourth-order valence-corrected chi connectivity index (χ4v) is 3.55. The zero-order valence-electron chi connectivity index (χ0n) is 14.1. The molecule has 2 saturated heterocycles. The van der Waals surface area contributed by atoms with E-state index < -0.39 is 0 Å². The van der Waals surface area contributed by atoms with Crippen LogP contribution in [-0.4, -0.2) is 54.1 Å². The Morgan fingerprint density at radius 1 is 1.19 bits per heavy atom. The highest BCUT2D eigenvalue weighted by Crippen LogP contribution is 2.22. The van der Waals surface area contributed by atoms with Crippen molar-refractivity contribution in [3.8, 4) is 0 Å². The molecule has 0 bridgehead atoms. The average molecular weight is 295 g/mol. The lowest BCUT2D eigenvalue weighted by Gasteiger charge is -2.30. The lowest BCUT2D eigenvalue weighted by molar-refractivity contribution is -0.131. The van der Waals surface area contributed by atoms with Gasteiger partial charge in [0.05, 0.1) is 12.2 Å². The number of nitrogens with zero attached hydrogens (tertiary/aromatic N) is 2. The number of hydrogen-bond donors (Lipinski definition) is 1. The molecule has 0 aromatic carbocycles. The van der Waals surface area contributed by atoms with E-state index in [1.807, 2.05) is 0 Å². The van der Waals surface area contributed by atoms with Crippen LogP contribution in [0.1, 0.15) is 59.3 Å². The number of carbonyl (C=O) groups excluding carboxylic acids is 1. The van der Waals surface area contributed by atoms with E-state index in [2.05, 4.69) is 35.9 Å². The number of hydrogen-bond acceptors (Lipinski definition) is 3. The van der Waals surface area contributed by atoms with Crippen molar-refractivity contribution < 1.29 is 4.79 Å². The van der Waals surface area contributed by atoms with Gasteiger partial charge in [-0.05, 0) is 38.3 Å². The SMILES string of the molecule is CCCC1NC(C(C)CC)C(=O)N1CCN1CCCCC1.